The lowest BCUT2D eigenvalue weighted by molar-refractivity contribution is -0.122. The Kier molecular flexibility index (Phi) is 4.90. The van der Waals surface area contributed by atoms with E-state index in [1.54, 1.807) is 6.92 Å². The Morgan fingerprint density at radius 3 is 2.57 bits per heavy atom. The summed E-state index contributed by atoms with van der Waals surface area (Å²) in [5.74, 6) is 0.843. The third-order valence-electron chi connectivity index (χ3n) is 2.97. The van der Waals surface area contributed by atoms with Crippen LogP contribution in [0.3, 0.4) is 0 Å². The Balaban J connectivity index is 2.04. The lowest BCUT2D eigenvalue weighted by Gasteiger charge is -2.18. The standard InChI is InChI=1S/C15H19N3O2S/c1-9(2)12-7-5-6-8-13(12)20-10(3)14(19)16-15-18-17-11(4)21-15/h5-10H,1-4H3,(H,16,18,19)/t10-/m0/s1. The van der Waals surface area contributed by atoms with Gasteiger partial charge in [-0.15, -0.1) is 10.2 Å². The minimum Gasteiger partial charge on any atom is -0.481 e. The molecule has 2 aromatic rings. The molecule has 0 saturated carbocycles. The normalized spacial score (nSPS) is 12.2. The summed E-state index contributed by atoms with van der Waals surface area (Å²) in [7, 11) is 0. The molecule has 1 heterocycles. The third kappa shape index (κ3) is 4.01. The highest BCUT2D eigenvalue weighted by Crippen LogP contribution is 2.27. The van der Waals surface area contributed by atoms with Gasteiger partial charge in [0.1, 0.15) is 10.8 Å². The zero-order valence-corrected chi connectivity index (χ0v) is 13.4. The highest BCUT2D eigenvalue weighted by molar-refractivity contribution is 7.15. The molecular weight excluding hydrogens is 286 g/mol. The maximum atomic E-state index is 12.1. The van der Waals surface area contributed by atoms with Gasteiger partial charge >= 0.3 is 0 Å². The molecule has 5 nitrogen and oxygen atoms in total. The van der Waals surface area contributed by atoms with Crippen molar-refractivity contribution in [3.8, 4) is 5.75 Å². The fraction of sp³-hybridized carbons (Fsp3) is 0.400. The van der Waals surface area contributed by atoms with Crippen LogP contribution in [-0.4, -0.2) is 22.2 Å². The number of benzene rings is 1. The highest BCUT2D eigenvalue weighted by Gasteiger charge is 2.18. The number of ether oxygens (including phenoxy) is 1. The van der Waals surface area contributed by atoms with Gasteiger partial charge in [-0.2, -0.15) is 0 Å². The summed E-state index contributed by atoms with van der Waals surface area (Å²) in [6.45, 7) is 7.75. The molecule has 0 aliphatic rings. The van der Waals surface area contributed by atoms with Crippen molar-refractivity contribution in [1.82, 2.24) is 10.2 Å². The van der Waals surface area contributed by atoms with Crippen LogP contribution in [0, 0.1) is 6.92 Å². The number of aryl methyl sites for hydroxylation is 1. The van der Waals surface area contributed by atoms with Crippen molar-refractivity contribution in [2.24, 2.45) is 0 Å². The van der Waals surface area contributed by atoms with Gasteiger partial charge in [0.2, 0.25) is 5.13 Å². The maximum absolute atomic E-state index is 12.1. The summed E-state index contributed by atoms with van der Waals surface area (Å²) >= 11 is 1.34. The molecule has 2 rings (SSSR count). The molecular formula is C15H19N3O2S. The van der Waals surface area contributed by atoms with Gasteiger partial charge < -0.3 is 4.74 Å². The fourth-order valence-corrected chi connectivity index (χ4v) is 2.46. The van der Waals surface area contributed by atoms with Crippen molar-refractivity contribution in [3.63, 3.8) is 0 Å². The summed E-state index contributed by atoms with van der Waals surface area (Å²) < 4.78 is 5.79. The molecule has 0 fully saturated rings. The Morgan fingerprint density at radius 2 is 1.95 bits per heavy atom. The number of para-hydroxylation sites is 1. The Labute approximate surface area is 128 Å². The van der Waals surface area contributed by atoms with E-state index >= 15 is 0 Å². The van der Waals surface area contributed by atoms with E-state index in [0.29, 0.717) is 11.0 Å². The molecule has 112 valence electrons. The minimum atomic E-state index is -0.603. The van der Waals surface area contributed by atoms with Gasteiger partial charge in [0.25, 0.3) is 5.91 Å². The quantitative estimate of drug-likeness (QED) is 0.920. The molecule has 0 aliphatic carbocycles. The molecule has 1 N–H and O–H groups in total. The van der Waals surface area contributed by atoms with Crippen LogP contribution in [0.15, 0.2) is 24.3 Å². The van der Waals surface area contributed by atoms with E-state index in [4.69, 9.17) is 4.74 Å². The minimum absolute atomic E-state index is 0.232. The van der Waals surface area contributed by atoms with E-state index in [9.17, 15) is 4.79 Å². The smallest absolute Gasteiger partial charge is 0.266 e. The van der Waals surface area contributed by atoms with E-state index in [1.165, 1.54) is 11.3 Å². The molecule has 6 heteroatoms. The summed E-state index contributed by atoms with van der Waals surface area (Å²) in [6, 6.07) is 7.77. The first kappa shape index (κ1) is 15.4. The second-order valence-electron chi connectivity index (χ2n) is 5.07. The van der Waals surface area contributed by atoms with Gasteiger partial charge in [0.15, 0.2) is 6.10 Å². The van der Waals surface area contributed by atoms with Crippen LogP contribution >= 0.6 is 11.3 Å². The maximum Gasteiger partial charge on any atom is 0.266 e. The Hall–Kier alpha value is -1.95. The van der Waals surface area contributed by atoms with Gasteiger partial charge in [-0.05, 0) is 31.4 Å². The van der Waals surface area contributed by atoms with Gasteiger partial charge in [-0.1, -0.05) is 43.4 Å². The largest absolute Gasteiger partial charge is 0.481 e. The molecule has 21 heavy (non-hydrogen) atoms. The molecule has 1 atom stereocenters. The molecule has 1 amide bonds. The summed E-state index contributed by atoms with van der Waals surface area (Å²) in [6.07, 6.45) is -0.603. The number of nitrogens with one attached hydrogen (secondary N) is 1. The lowest BCUT2D eigenvalue weighted by atomic mass is 10.0. The first-order valence-corrected chi connectivity index (χ1v) is 7.65. The molecule has 0 saturated heterocycles. The number of amides is 1. The van der Waals surface area contributed by atoms with Gasteiger partial charge in [-0.3, -0.25) is 10.1 Å². The average Bonchev–Trinajstić information content (AvgIpc) is 2.84. The van der Waals surface area contributed by atoms with Crippen LogP contribution < -0.4 is 10.1 Å². The SMILES string of the molecule is Cc1nnc(NC(=O)[C@H](C)Oc2ccccc2C(C)C)s1. The zero-order valence-electron chi connectivity index (χ0n) is 12.6. The lowest BCUT2D eigenvalue weighted by Crippen LogP contribution is -2.30. The molecule has 1 aromatic carbocycles. The first-order valence-electron chi connectivity index (χ1n) is 6.84. The van der Waals surface area contributed by atoms with Crippen molar-refractivity contribution in [2.75, 3.05) is 5.32 Å². The number of carbonyl (C=O) groups is 1. The number of anilines is 1. The van der Waals surface area contributed by atoms with E-state index < -0.39 is 6.10 Å². The second kappa shape index (κ2) is 6.67. The first-order chi connectivity index (χ1) is 9.97. The van der Waals surface area contributed by atoms with Crippen molar-refractivity contribution >= 4 is 22.4 Å². The number of rotatable bonds is 5. The van der Waals surface area contributed by atoms with Gasteiger partial charge in [-0.25, -0.2) is 0 Å². The van der Waals surface area contributed by atoms with Crippen LogP contribution in [0.25, 0.3) is 0 Å². The number of nitrogens with zero attached hydrogens (tertiary/aromatic N) is 2. The molecule has 0 unspecified atom stereocenters. The van der Waals surface area contributed by atoms with Crippen molar-refractivity contribution < 1.29 is 9.53 Å². The van der Waals surface area contributed by atoms with Gasteiger partial charge in [0, 0.05) is 0 Å². The summed E-state index contributed by atoms with van der Waals surface area (Å²) in [4.78, 5) is 12.1. The van der Waals surface area contributed by atoms with E-state index in [-0.39, 0.29) is 5.91 Å². The van der Waals surface area contributed by atoms with Crippen LogP contribution in [0.2, 0.25) is 0 Å². The van der Waals surface area contributed by atoms with Crippen molar-refractivity contribution in [2.45, 2.75) is 39.7 Å². The third-order valence-corrected chi connectivity index (χ3v) is 3.72. The van der Waals surface area contributed by atoms with E-state index in [2.05, 4.69) is 29.4 Å². The van der Waals surface area contributed by atoms with Gasteiger partial charge in [0.05, 0.1) is 0 Å². The predicted molar refractivity (Wildman–Crippen MR) is 83.9 cm³/mol. The zero-order chi connectivity index (χ0) is 15.4. The highest BCUT2D eigenvalue weighted by atomic mass is 32.1. The number of hydrogen-bond donors (Lipinski definition) is 1. The fourth-order valence-electron chi connectivity index (χ4n) is 1.86. The Bertz CT molecular complexity index is 625. The molecule has 0 bridgehead atoms. The number of carbonyl (C=O) groups excluding carboxylic acids is 1. The summed E-state index contributed by atoms with van der Waals surface area (Å²) in [5.41, 5.74) is 1.09. The molecule has 0 spiro atoms. The topological polar surface area (TPSA) is 64.1 Å². The van der Waals surface area contributed by atoms with E-state index in [1.807, 2.05) is 31.2 Å². The van der Waals surface area contributed by atoms with Crippen LogP contribution in [0.4, 0.5) is 5.13 Å². The second-order valence-corrected chi connectivity index (χ2v) is 6.25. The van der Waals surface area contributed by atoms with Crippen molar-refractivity contribution in [3.05, 3.63) is 34.8 Å². The van der Waals surface area contributed by atoms with Crippen LogP contribution in [0.1, 0.15) is 37.3 Å². The Morgan fingerprint density at radius 1 is 1.24 bits per heavy atom. The monoisotopic (exact) mass is 305 g/mol. The molecule has 0 radical (unpaired) electrons. The van der Waals surface area contributed by atoms with E-state index in [0.717, 1.165) is 16.3 Å². The van der Waals surface area contributed by atoms with Crippen LogP contribution in [0.5, 0.6) is 5.75 Å². The predicted octanol–water partition coefficient (Wildman–Crippen LogP) is 3.38. The van der Waals surface area contributed by atoms with Crippen LogP contribution in [-0.2, 0) is 4.79 Å². The molecule has 1 aromatic heterocycles. The average molecular weight is 305 g/mol. The number of hydrogen-bond acceptors (Lipinski definition) is 5. The molecule has 0 aliphatic heterocycles. The summed E-state index contributed by atoms with van der Waals surface area (Å²) in [5, 5.41) is 11.7. The number of aromatic nitrogens is 2. The van der Waals surface area contributed by atoms with Crippen molar-refractivity contribution in [1.29, 1.82) is 0 Å².